The van der Waals surface area contributed by atoms with Crippen molar-refractivity contribution in [3.63, 3.8) is 0 Å². The maximum Gasteiger partial charge on any atom is 0.434 e. The fourth-order valence-corrected chi connectivity index (χ4v) is 3.21. The molecule has 0 aliphatic heterocycles. The summed E-state index contributed by atoms with van der Waals surface area (Å²) in [6, 6.07) is 0. The predicted molar refractivity (Wildman–Crippen MR) is 75.5 cm³/mol. The molecule has 0 amide bonds. The van der Waals surface area contributed by atoms with Crippen molar-refractivity contribution in [1.29, 1.82) is 0 Å². The summed E-state index contributed by atoms with van der Waals surface area (Å²) in [5.74, 6) is 0.517. The van der Waals surface area contributed by atoms with Crippen LogP contribution in [0.5, 0.6) is 0 Å². The van der Waals surface area contributed by atoms with Gasteiger partial charge >= 0.3 is 6.18 Å². The summed E-state index contributed by atoms with van der Waals surface area (Å²) < 4.78 is 38.6. The van der Waals surface area contributed by atoms with Gasteiger partial charge in [0.2, 0.25) is 0 Å². The second-order valence-electron chi connectivity index (χ2n) is 5.06. The Morgan fingerprint density at radius 3 is 2.37 bits per heavy atom. The second kappa shape index (κ2) is 6.45. The van der Waals surface area contributed by atoms with Gasteiger partial charge in [-0.3, -0.25) is 0 Å². The lowest BCUT2D eigenvalue weighted by molar-refractivity contribution is -0.141. The van der Waals surface area contributed by atoms with Crippen LogP contribution in [0.25, 0.3) is 0 Å². The summed E-state index contributed by atoms with van der Waals surface area (Å²) in [7, 11) is 0. The van der Waals surface area contributed by atoms with E-state index in [1.54, 1.807) is 11.8 Å². The van der Waals surface area contributed by atoms with Crippen LogP contribution in [0.3, 0.4) is 0 Å². The fourth-order valence-electron chi connectivity index (χ4n) is 1.32. The van der Waals surface area contributed by atoms with Gasteiger partial charge < -0.3 is 5.32 Å². The molecule has 2 nitrogen and oxygen atoms in total. The van der Waals surface area contributed by atoms with E-state index in [9.17, 15) is 13.2 Å². The number of nitrogens with one attached hydrogen (secondary N) is 1. The molecule has 0 saturated heterocycles. The largest absolute Gasteiger partial charge is 0.434 e. The van der Waals surface area contributed by atoms with Crippen molar-refractivity contribution in [3.8, 4) is 0 Å². The SMILES string of the molecule is CCNCc1sc(CSC(C)(C)C)nc1C(F)(F)F. The highest BCUT2D eigenvalue weighted by Gasteiger charge is 2.37. The van der Waals surface area contributed by atoms with Crippen LogP contribution >= 0.6 is 23.1 Å². The molecule has 1 heterocycles. The number of halogens is 3. The molecule has 0 atom stereocenters. The van der Waals surface area contributed by atoms with Gasteiger partial charge in [-0.2, -0.15) is 13.2 Å². The predicted octanol–water partition coefficient (Wildman–Crippen LogP) is 4.30. The minimum absolute atomic E-state index is 0.0197. The van der Waals surface area contributed by atoms with Gasteiger partial charge in [0.05, 0.1) is 4.88 Å². The summed E-state index contributed by atoms with van der Waals surface area (Å²) >= 11 is 2.76. The third-order valence-electron chi connectivity index (χ3n) is 2.17. The molecule has 0 spiro atoms. The molecular formula is C12H19F3N2S2. The average molecular weight is 312 g/mol. The average Bonchev–Trinajstić information content (AvgIpc) is 2.65. The van der Waals surface area contributed by atoms with Crippen LogP contribution in [-0.4, -0.2) is 16.3 Å². The number of rotatable bonds is 5. The second-order valence-corrected chi connectivity index (χ2v) is 8.03. The fraction of sp³-hybridized carbons (Fsp3) is 0.750. The van der Waals surface area contributed by atoms with Crippen molar-refractivity contribution in [2.75, 3.05) is 6.54 Å². The van der Waals surface area contributed by atoms with Crippen molar-refractivity contribution in [2.24, 2.45) is 0 Å². The molecular weight excluding hydrogens is 293 g/mol. The summed E-state index contributed by atoms with van der Waals surface area (Å²) in [5, 5.41) is 3.47. The van der Waals surface area contributed by atoms with Crippen LogP contribution in [0.1, 0.15) is 43.3 Å². The number of nitrogens with zero attached hydrogens (tertiary/aromatic N) is 1. The summed E-state index contributed by atoms with van der Waals surface area (Å²) in [5.41, 5.74) is -0.733. The first-order valence-electron chi connectivity index (χ1n) is 6.04. The van der Waals surface area contributed by atoms with Crippen molar-refractivity contribution in [3.05, 3.63) is 15.6 Å². The molecule has 1 aromatic heterocycles. The number of aromatic nitrogens is 1. The van der Waals surface area contributed by atoms with Crippen LogP contribution in [0.15, 0.2) is 0 Å². The molecule has 0 aliphatic carbocycles. The van der Waals surface area contributed by atoms with Crippen LogP contribution in [-0.2, 0) is 18.5 Å². The van der Waals surface area contributed by atoms with Crippen LogP contribution in [0, 0.1) is 0 Å². The van der Waals surface area contributed by atoms with Crippen LogP contribution in [0.2, 0.25) is 0 Å². The van der Waals surface area contributed by atoms with Crippen LogP contribution < -0.4 is 5.32 Å². The van der Waals surface area contributed by atoms with E-state index in [0.717, 1.165) is 11.3 Å². The number of hydrogen-bond donors (Lipinski definition) is 1. The number of thioether (sulfide) groups is 1. The van der Waals surface area contributed by atoms with Gasteiger partial charge in [0.15, 0.2) is 5.69 Å². The van der Waals surface area contributed by atoms with Crippen LogP contribution in [0.4, 0.5) is 13.2 Å². The Kier molecular flexibility index (Phi) is 5.70. The lowest BCUT2D eigenvalue weighted by Gasteiger charge is -2.16. The minimum atomic E-state index is -4.37. The first-order chi connectivity index (χ1) is 8.63. The molecule has 1 rings (SSSR count). The highest BCUT2D eigenvalue weighted by Crippen LogP contribution is 2.36. The summed E-state index contributed by atoms with van der Waals surface area (Å²) in [4.78, 5) is 4.05. The molecule has 1 N–H and O–H groups in total. The monoisotopic (exact) mass is 312 g/mol. The Bertz CT molecular complexity index is 408. The van der Waals surface area contributed by atoms with E-state index in [0.29, 0.717) is 17.3 Å². The molecule has 0 bridgehead atoms. The van der Waals surface area contributed by atoms with Crippen molar-refractivity contribution in [1.82, 2.24) is 10.3 Å². The maximum atomic E-state index is 12.9. The van der Waals surface area contributed by atoms with E-state index in [4.69, 9.17) is 0 Å². The standard InChI is InChI=1S/C12H19F3N2S2/c1-5-16-6-8-10(12(13,14)15)17-9(19-8)7-18-11(2,3)4/h16H,5-7H2,1-4H3. The molecule has 19 heavy (non-hydrogen) atoms. The first kappa shape index (κ1) is 16.8. The Morgan fingerprint density at radius 1 is 1.26 bits per heavy atom. The van der Waals surface area contributed by atoms with Crippen molar-refractivity contribution >= 4 is 23.1 Å². The third-order valence-corrected chi connectivity index (χ3v) is 4.70. The molecule has 0 unspecified atom stereocenters. The Hall–Kier alpha value is -0.270. The third kappa shape index (κ3) is 5.71. The number of thiazole rings is 1. The Morgan fingerprint density at radius 2 is 1.89 bits per heavy atom. The lowest BCUT2D eigenvalue weighted by atomic mass is 10.3. The highest BCUT2D eigenvalue weighted by molar-refractivity contribution is 7.99. The van der Waals surface area contributed by atoms with E-state index in [-0.39, 0.29) is 16.2 Å². The number of hydrogen-bond acceptors (Lipinski definition) is 4. The molecule has 0 aromatic carbocycles. The molecule has 7 heteroatoms. The van der Waals surface area contributed by atoms with E-state index < -0.39 is 11.9 Å². The lowest BCUT2D eigenvalue weighted by Crippen LogP contribution is -2.15. The number of alkyl halides is 3. The zero-order valence-electron chi connectivity index (χ0n) is 11.5. The normalized spacial score (nSPS) is 13.0. The molecule has 0 saturated carbocycles. The first-order valence-corrected chi connectivity index (χ1v) is 7.84. The van der Waals surface area contributed by atoms with E-state index >= 15 is 0 Å². The highest BCUT2D eigenvalue weighted by atomic mass is 32.2. The molecule has 1 aromatic rings. The maximum absolute atomic E-state index is 12.9. The van der Waals surface area contributed by atoms with Gasteiger partial charge in [-0.1, -0.05) is 27.7 Å². The van der Waals surface area contributed by atoms with Gasteiger partial charge in [0.1, 0.15) is 5.01 Å². The smallest absolute Gasteiger partial charge is 0.312 e. The van der Waals surface area contributed by atoms with Crippen molar-refractivity contribution in [2.45, 2.75) is 50.9 Å². The zero-order chi connectivity index (χ0) is 14.7. The molecule has 110 valence electrons. The Balaban J connectivity index is 2.87. The van der Waals surface area contributed by atoms with E-state index in [2.05, 4.69) is 10.3 Å². The van der Waals surface area contributed by atoms with Gasteiger partial charge in [-0.15, -0.1) is 23.1 Å². The van der Waals surface area contributed by atoms with Gasteiger partial charge in [0.25, 0.3) is 0 Å². The summed E-state index contributed by atoms with van der Waals surface area (Å²) in [6.07, 6.45) is -4.37. The molecule has 0 fully saturated rings. The molecule has 0 aliphatic rings. The van der Waals surface area contributed by atoms with Gasteiger partial charge in [-0.25, -0.2) is 4.98 Å². The zero-order valence-corrected chi connectivity index (χ0v) is 13.2. The minimum Gasteiger partial charge on any atom is -0.312 e. The molecule has 0 radical (unpaired) electrons. The quantitative estimate of drug-likeness (QED) is 0.877. The van der Waals surface area contributed by atoms with Gasteiger partial charge in [-0.05, 0) is 6.54 Å². The van der Waals surface area contributed by atoms with Crippen molar-refractivity contribution < 1.29 is 13.2 Å². The summed E-state index contributed by atoms with van der Waals surface area (Å²) in [6.45, 7) is 8.84. The van der Waals surface area contributed by atoms with E-state index in [1.807, 2.05) is 27.7 Å². The Labute approximate surface area is 120 Å². The van der Waals surface area contributed by atoms with E-state index in [1.165, 1.54) is 0 Å². The topological polar surface area (TPSA) is 24.9 Å². The van der Waals surface area contributed by atoms with Gasteiger partial charge in [0, 0.05) is 17.0 Å².